The van der Waals surface area contributed by atoms with Crippen LogP contribution in [0.15, 0.2) is 0 Å². The second-order valence-electron chi connectivity index (χ2n) is 4.33. The Bertz CT molecular complexity index is 345. The van der Waals surface area contributed by atoms with Gasteiger partial charge in [-0.05, 0) is 7.05 Å². The van der Waals surface area contributed by atoms with Gasteiger partial charge in [-0.3, -0.25) is 14.4 Å². The Morgan fingerprint density at radius 1 is 0.708 bits per heavy atom. The Labute approximate surface area is 140 Å². The summed E-state index contributed by atoms with van der Waals surface area (Å²) in [6.45, 7) is -0.197. The second kappa shape index (κ2) is 12.6. The van der Waals surface area contributed by atoms with E-state index in [0.717, 1.165) is 0 Å². The predicted molar refractivity (Wildman–Crippen MR) is 79.5 cm³/mol. The molecule has 0 radical (unpaired) electrons. The lowest BCUT2D eigenvalue weighted by Crippen LogP contribution is -2.51. The summed E-state index contributed by atoms with van der Waals surface area (Å²) >= 11 is 0. The summed E-state index contributed by atoms with van der Waals surface area (Å²) in [5, 5.41) is 2.67. The van der Waals surface area contributed by atoms with Crippen molar-refractivity contribution in [2.45, 2.75) is 25.4 Å². The maximum absolute atomic E-state index is 11.1. The fourth-order valence-corrected chi connectivity index (χ4v) is 1.45. The molecule has 24 heavy (non-hydrogen) atoms. The summed E-state index contributed by atoms with van der Waals surface area (Å²) in [6, 6.07) is 0. The van der Waals surface area contributed by atoms with Gasteiger partial charge in [-0.25, -0.2) is 5.32 Å². The van der Waals surface area contributed by atoms with Crippen LogP contribution < -0.4 is 5.32 Å². The normalized spacial score (nSPS) is 11.0. The summed E-state index contributed by atoms with van der Waals surface area (Å²) in [5.74, 6) is -1.41. The quantitative estimate of drug-likeness (QED) is 0.266. The number of ether oxygens (including phenoxy) is 6. The van der Waals surface area contributed by atoms with Crippen molar-refractivity contribution in [3.8, 4) is 0 Å². The highest BCUT2D eigenvalue weighted by atomic mass is 16.9. The van der Waals surface area contributed by atoms with Crippen molar-refractivity contribution in [2.24, 2.45) is 0 Å². The SMILES string of the molecule is CNC(OCCC(=O)OC)(OCCC(=O)OC)OCCC(=O)OC. The van der Waals surface area contributed by atoms with Crippen molar-refractivity contribution < 1.29 is 42.8 Å². The fraction of sp³-hybridized carbons (Fsp3) is 0.786. The van der Waals surface area contributed by atoms with Crippen LogP contribution in [0.2, 0.25) is 0 Å². The number of esters is 3. The molecule has 0 bridgehead atoms. The summed E-state index contributed by atoms with van der Waals surface area (Å²) < 4.78 is 29.8. The van der Waals surface area contributed by atoms with E-state index in [9.17, 15) is 14.4 Å². The first kappa shape index (κ1) is 22.2. The Balaban J connectivity index is 4.63. The second-order valence-corrected chi connectivity index (χ2v) is 4.33. The molecular formula is C14H25NO9. The summed E-state index contributed by atoms with van der Waals surface area (Å²) in [6.07, 6.45) is -1.81. The van der Waals surface area contributed by atoms with Crippen molar-refractivity contribution >= 4 is 17.9 Å². The summed E-state index contributed by atoms with van der Waals surface area (Å²) in [5.41, 5.74) is 0. The molecule has 140 valence electrons. The summed E-state index contributed by atoms with van der Waals surface area (Å²) in [7, 11) is 5.27. The fourth-order valence-electron chi connectivity index (χ4n) is 1.45. The molecule has 0 heterocycles. The number of hydrogen-bond donors (Lipinski definition) is 1. The van der Waals surface area contributed by atoms with E-state index >= 15 is 0 Å². The van der Waals surface area contributed by atoms with E-state index in [2.05, 4.69) is 19.5 Å². The maximum atomic E-state index is 11.1. The van der Waals surface area contributed by atoms with Gasteiger partial charge >= 0.3 is 24.0 Å². The van der Waals surface area contributed by atoms with Crippen LogP contribution in [0.3, 0.4) is 0 Å². The smallest absolute Gasteiger partial charge is 0.350 e. The molecule has 0 saturated carbocycles. The zero-order valence-corrected chi connectivity index (χ0v) is 14.4. The molecule has 10 heteroatoms. The van der Waals surface area contributed by atoms with Gasteiger partial charge in [0.25, 0.3) is 0 Å². The van der Waals surface area contributed by atoms with Gasteiger partial charge in [0.15, 0.2) is 0 Å². The van der Waals surface area contributed by atoms with Crippen molar-refractivity contribution in [3.05, 3.63) is 0 Å². The van der Waals surface area contributed by atoms with Crippen LogP contribution in [0.25, 0.3) is 0 Å². The molecule has 0 aliphatic heterocycles. The molecule has 0 rings (SSSR count). The molecule has 0 aromatic rings. The van der Waals surface area contributed by atoms with Gasteiger partial charge in [0.05, 0.1) is 60.4 Å². The van der Waals surface area contributed by atoms with E-state index < -0.39 is 24.0 Å². The van der Waals surface area contributed by atoms with E-state index in [1.54, 1.807) is 0 Å². The molecule has 0 saturated heterocycles. The van der Waals surface area contributed by atoms with E-state index in [1.165, 1.54) is 28.4 Å². The van der Waals surface area contributed by atoms with Gasteiger partial charge in [0.1, 0.15) is 0 Å². The Kier molecular flexibility index (Phi) is 11.7. The third kappa shape index (κ3) is 9.40. The molecule has 0 fully saturated rings. The first-order chi connectivity index (χ1) is 11.4. The van der Waals surface area contributed by atoms with Crippen molar-refractivity contribution in [1.29, 1.82) is 0 Å². The van der Waals surface area contributed by atoms with E-state index in [0.29, 0.717) is 0 Å². The molecule has 10 nitrogen and oxygen atoms in total. The lowest BCUT2D eigenvalue weighted by atomic mass is 10.4. The van der Waals surface area contributed by atoms with Crippen molar-refractivity contribution in [2.75, 3.05) is 48.2 Å². The third-order valence-electron chi connectivity index (χ3n) is 2.78. The zero-order valence-electron chi connectivity index (χ0n) is 14.4. The highest BCUT2D eigenvalue weighted by Gasteiger charge is 2.33. The minimum atomic E-state index is -1.73. The lowest BCUT2D eigenvalue weighted by molar-refractivity contribution is -0.394. The Hall–Kier alpha value is -1.75. The molecule has 0 unspecified atom stereocenters. The van der Waals surface area contributed by atoms with Crippen LogP contribution in [0.1, 0.15) is 19.3 Å². The highest BCUT2D eigenvalue weighted by Crippen LogP contribution is 2.14. The van der Waals surface area contributed by atoms with Gasteiger partial charge in [-0.15, -0.1) is 0 Å². The number of hydrogen-bond acceptors (Lipinski definition) is 10. The average molecular weight is 351 g/mol. The third-order valence-corrected chi connectivity index (χ3v) is 2.78. The zero-order chi connectivity index (χ0) is 18.4. The van der Waals surface area contributed by atoms with Crippen LogP contribution in [0, 0.1) is 0 Å². The monoisotopic (exact) mass is 351 g/mol. The molecule has 1 N–H and O–H groups in total. The standard InChI is InChI=1S/C14H25NO9/c1-15-14(22-8-5-11(16)19-2,23-9-6-12(17)20-3)24-10-7-13(18)21-4/h15H,5-10H2,1-4H3. The van der Waals surface area contributed by atoms with Crippen LogP contribution in [-0.2, 0) is 42.8 Å². The van der Waals surface area contributed by atoms with Gasteiger partial charge in [0.2, 0.25) is 0 Å². The highest BCUT2D eigenvalue weighted by molar-refractivity contribution is 5.69. The molecule has 0 aromatic heterocycles. The first-order valence-electron chi connectivity index (χ1n) is 7.24. The number of rotatable bonds is 13. The van der Waals surface area contributed by atoms with Gasteiger partial charge in [-0.2, -0.15) is 0 Å². The number of carbonyl (C=O) groups is 3. The predicted octanol–water partition coefficient (Wildman–Crippen LogP) is -0.444. The molecule has 0 amide bonds. The van der Waals surface area contributed by atoms with Gasteiger partial charge in [0, 0.05) is 0 Å². The number of nitrogens with one attached hydrogen (secondary N) is 1. The van der Waals surface area contributed by atoms with Crippen LogP contribution >= 0.6 is 0 Å². The first-order valence-corrected chi connectivity index (χ1v) is 7.24. The van der Waals surface area contributed by atoms with E-state index in [1.807, 2.05) is 0 Å². The van der Waals surface area contributed by atoms with Crippen LogP contribution in [-0.4, -0.2) is 72.2 Å². The minimum absolute atomic E-state index is 0.0271. The Morgan fingerprint density at radius 3 is 1.21 bits per heavy atom. The molecule has 0 aromatic carbocycles. The Morgan fingerprint density at radius 2 is 1.00 bits per heavy atom. The van der Waals surface area contributed by atoms with Crippen LogP contribution in [0.5, 0.6) is 0 Å². The maximum Gasteiger partial charge on any atom is 0.350 e. The van der Waals surface area contributed by atoms with Crippen molar-refractivity contribution in [3.63, 3.8) is 0 Å². The topological polar surface area (TPSA) is 119 Å². The van der Waals surface area contributed by atoms with Crippen LogP contribution in [0.4, 0.5) is 0 Å². The molecule has 0 aliphatic rings. The van der Waals surface area contributed by atoms with E-state index in [4.69, 9.17) is 14.2 Å². The molecule has 0 spiro atoms. The number of methoxy groups -OCH3 is 3. The molecule has 0 aliphatic carbocycles. The van der Waals surface area contributed by atoms with Crippen molar-refractivity contribution in [1.82, 2.24) is 5.32 Å². The summed E-state index contributed by atoms with van der Waals surface area (Å²) in [4.78, 5) is 33.4. The number of carbonyl (C=O) groups excluding carboxylic acids is 3. The molecular weight excluding hydrogens is 326 g/mol. The van der Waals surface area contributed by atoms with Gasteiger partial charge < -0.3 is 28.4 Å². The van der Waals surface area contributed by atoms with E-state index in [-0.39, 0.29) is 39.1 Å². The average Bonchev–Trinajstić information content (AvgIpc) is 2.60. The molecule has 0 atom stereocenters. The van der Waals surface area contributed by atoms with Gasteiger partial charge in [-0.1, -0.05) is 0 Å². The largest absolute Gasteiger partial charge is 0.469 e. The lowest BCUT2D eigenvalue weighted by Gasteiger charge is -2.32. The minimum Gasteiger partial charge on any atom is -0.469 e.